The molecular weight excluding hydrogens is 356 g/mol. The van der Waals surface area contributed by atoms with E-state index in [0.717, 1.165) is 24.4 Å². The predicted molar refractivity (Wildman–Crippen MR) is 106 cm³/mol. The molecule has 1 fully saturated rings. The van der Waals surface area contributed by atoms with Gasteiger partial charge in [-0.05, 0) is 44.1 Å². The van der Waals surface area contributed by atoms with E-state index in [1.807, 2.05) is 30.3 Å². The molecule has 148 valence electrons. The molecule has 1 amide bonds. The number of benzene rings is 2. The molecule has 2 aromatic rings. The summed E-state index contributed by atoms with van der Waals surface area (Å²) in [6.45, 7) is 2.70. The molecule has 0 aromatic heterocycles. The maximum atomic E-state index is 12.9. The molecule has 0 radical (unpaired) electrons. The molecule has 2 aromatic carbocycles. The second kappa shape index (κ2) is 8.52. The summed E-state index contributed by atoms with van der Waals surface area (Å²) in [5.74, 6) is 1.83. The van der Waals surface area contributed by atoms with Crippen molar-refractivity contribution in [3.05, 3.63) is 53.6 Å². The number of fused-ring (bicyclic) bond motifs is 1. The number of ether oxygens (including phenoxy) is 3. The van der Waals surface area contributed by atoms with E-state index in [4.69, 9.17) is 14.2 Å². The number of likely N-dealkylation sites (tertiary alicyclic amines) is 1. The Morgan fingerprint density at radius 2 is 1.93 bits per heavy atom. The monoisotopic (exact) mass is 382 g/mol. The van der Waals surface area contributed by atoms with Crippen molar-refractivity contribution >= 4 is 5.91 Å². The normalized spacial score (nSPS) is 17.2. The first-order chi connectivity index (χ1) is 13.8. The molecule has 6 nitrogen and oxygen atoms in total. The highest BCUT2D eigenvalue weighted by molar-refractivity contribution is 5.98. The highest BCUT2D eigenvalue weighted by Crippen LogP contribution is 2.35. The second-order valence-electron chi connectivity index (χ2n) is 7.10. The van der Waals surface area contributed by atoms with Gasteiger partial charge in [-0.1, -0.05) is 30.7 Å². The first kappa shape index (κ1) is 18.6. The topological polar surface area (TPSA) is 60.0 Å². The van der Waals surface area contributed by atoms with Crippen molar-refractivity contribution in [3.63, 3.8) is 0 Å². The average Bonchev–Trinajstić information content (AvgIpc) is 3.24. The lowest BCUT2D eigenvalue weighted by Gasteiger charge is -2.35. The maximum absolute atomic E-state index is 12.9. The lowest BCUT2D eigenvalue weighted by atomic mass is 10.0. The molecule has 0 spiro atoms. The number of amides is 1. The maximum Gasteiger partial charge on any atom is 0.255 e. The van der Waals surface area contributed by atoms with E-state index in [1.54, 1.807) is 13.2 Å². The van der Waals surface area contributed by atoms with Gasteiger partial charge in [0.1, 0.15) is 5.75 Å². The number of para-hydroxylation sites is 2. The van der Waals surface area contributed by atoms with E-state index in [1.165, 1.54) is 19.3 Å². The minimum atomic E-state index is -0.153. The van der Waals surface area contributed by atoms with Gasteiger partial charge in [0.05, 0.1) is 18.7 Å². The van der Waals surface area contributed by atoms with Gasteiger partial charge in [-0.25, -0.2) is 0 Å². The smallest absolute Gasteiger partial charge is 0.255 e. The fourth-order valence-corrected chi connectivity index (χ4v) is 4.00. The second-order valence-corrected chi connectivity index (χ2v) is 7.10. The molecule has 0 saturated carbocycles. The average molecular weight is 382 g/mol. The van der Waals surface area contributed by atoms with Crippen molar-refractivity contribution in [2.75, 3.05) is 33.5 Å². The van der Waals surface area contributed by atoms with Crippen molar-refractivity contribution in [1.82, 2.24) is 10.2 Å². The van der Waals surface area contributed by atoms with E-state index in [-0.39, 0.29) is 18.7 Å². The summed E-state index contributed by atoms with van der Waals surface area (Å²) < 4.78 is 16.5. The number of carbonyl (C=O) groups is 1. The molecule has 2 heterocycles. The zero-order valence-corrected chi connectivity index (χ0v) is 16.1. The standard InChI is InChI=1S/C22H26N2O4/c1-26-19-10-4-3-8-16(19)18(24-12-5-2-6-13-24)14-23-22(25)17-9-7-11-20-21(17)28-15-27-20/h3-4,7-11,18H,2,5-6,12-15H2,1H3,(H,23,25). The Bertz CT molecular complexity index is 833. The zero-order valence-electron chi connectivity index (χ0n) is 16.1. The summed E-state index contributed by atoms with van der Waals surface area (Å²) in [7, 11) is 1.69. The first-order valence-electron chi connectivity index (χ1n) is 9.81. The number of carbonyl (C=O) groups excluding carboxylic acids is 1. The fourth-order valence-electron chi connectivity index (χ4n) is 4.00. The minimum absolute atomic E-state index is 0.0642. The Morgan fingerprint density at radius 1 is 1.11 bits per heavy atom. The number of rotatable bonds is 6. The van der Waals surface area contributed by atoms with E-state index in [0.29, 0.717) is 23.6 Å². The molecule has 2 aliphatic heterocycles. The van der Waals surface area contributed by atoms with Crippen molar-refractivity contribution in [3.8, 4) is 17.2 Å². The Hall–Kier alpha value is -2.73. The van der Waals surface area contributed by atoms with E-state index < -0.39 is 0 Å². The lowest BCUT2D eigenvalue weighted by Crippen LogP contribution is -2.40. The summed E-state index contributed by atoms with van der Waals surface area (Å²) in [6.07, 6.45) is 3.61. The van der Waals surface area contributed by atoms with Crippen LogP contribution in [-0.2, 0) is 0 Å². The van der Waals surface area contributed by atoms with Crippen LogP contribution in [0.3, 0.4) is 0 Å². The van der Waals surface area contributed by atoms with Crippen LogP contribution in [0, 0.1) is 0 Å². The number of piperidine rings is 1. The van der Waals surface area contributed by atoms with Gasteiger partial charge < -0.3 is 19.5 Å². The predicted octanol–water partition coefficient (Wildman–Crippen LogP) is 3.38. The van der Waals surface area contributed by atoms with Crippen LogP contribution in [0.25, 0.3) is 0 Å². The Labute approximate surface area is 165 Å². The number of methoxy groups -OCH3 is 1. The van der Waals surface area contributed by atoms with Crippen LogP contribution < -0.4 is 19.5 Å². The van der Waals surface area contributed by atoms with Gasteiger partial charge in [-0.2, -0.15) is 0 Å². The van der Waals surface area contributed by atoms with Crippen LogP contribution in [0.15, 0.2) is 42.5 Å². The highest BCUT2D eigenvalue weighted by Gasteiger charge is 2.27. The van der Waals surface area contributed by atoms with Crippen LogP contribution in [0.1, 0.15) is 41.2 Å². The summed E-state index contributed by atoms with van der Waals surface area (Å²) >= 11 is 0. The fraction of sp³-hybridized carbons (Fsp3) is 0.409. The summed E-state index contributed by atoms with van der Waals surface area (Å²) in [4.78, 5) is 15.3. The summed E-state index contributed by atoms with van der Waals surface area (Å²) in [6, 6.07) is 13.5. The largest absolute Gasteiger partial charge is 0.496 e. The van der Waals surface area contributed by atoms with Gasteiger partial charge in [0.15, 0.2) is 11.5 Å². The third kappa shape index (κ3) is 3.78. The van der Waals surface area contributed by atoms with E-state index >= 15 is 0 Å². The lowest BCUT2D eigenvalue weighted by molar-refractivity contribution is 0.0918. The number of nitrogens with one attached hydrogen (secondary N) is 1. The summed E-state index contributed by atoms with van der Waals surface area (Å²) in [5.41, 5.74) is 1.61. The Balaban J connectivity index is 1.54. The van der Waals surface area contributed by atoms with Crippen molar-refractivity contribution < 1.29 is 19.0 Å². The quantitative estimate of drug-likeness (QED) is 0.830. The molecule has 1 saturated heterocycles. The number of hydrogen-bond donors (Lipinski definition) is 1. The van der Waals surface area contributed by atoms with Crippen molar-refractivity contribution in [1.29, 1.82) is 0 Å². The third-order valence-electron chi connectivity index (χ3n) is 5.43. The first-order valence-corrected chi connectivity index (χ1v) is 9.81. The highest BCUT2D eigenvalue weighted by atomic mass is 16.7. The molecule has 0 aliphatic carbocycles. The van der Waals surface area contributed by atoms with Crippen LogP contribution in [0.4, 0.5) is 0 Å². The van der Waals surface area contributed by atoms with Crippen molar-refractivity contribution in [2.24, 2.45) is 0 Å². The number of hydrogen-bond acceptors (Lipinski definition) is 5. The molecule has 1 unspecified atom stereocenters. The van der Waals surface area contributed by atoms with Gasteiger partial charge in [0.25, 0.3) is 5.91 Å². The van der Waals surface area contributed by atoms with Gasteiger partial charge >= 0.3 is 0 Å². The minimum Gasteiger partial charge on any atom is -0.496 e. The van der Waals surface area contributed by atoms with Gasteiger partial charge in [-0.15, -0.1) is 0 Å². The molecule has 4 rings (SSSR count). The van der Waals surface area contributed by atoms with Gasteiger partial charge in [0.2, 0.25) is 6.79 Å². The number of nitrogens with zero attached hydrogens (tertiary/aromatic N) is 1. The Morgan fingerprint density at radius 3 is 2.75 bits per heavy atom. The Kier molecular flexibility index (Phi) is 5.67. The van der Waals surface area contributed by atoms with Crippen LogP contribution in [-0.4, -0.2) is 44.3 Å². The molecule has 28 heavy (non-hydrogen) atoms. The SMILES string of the molecule is COc1ccccc1C(CNC(=O)c1cccc2c1OCO2)N1CCCCC1. The molecule has 1 atom stereocenters. The van der Waals surface area contributed by atoms with Gasteiger partial charge in [-0.3, -0.25) is 9.69 Å². The van der Waals surface area contributed by atoms with Crippen LogP contribution in [0.2, 0.25) is 0 Å². The third-order valence-corrected chi connectivity index (χ3v) is 5.43. The zero-order chi connectivity index (χ0) is 19.3. The molecular formula is C22H26N2O4. The van der Waals surface area contributed by atoms with E-state index in [2.05, 4.69) is 16.3 Å². The molecule has 1 N–H and O–H groups in total. The van der Waals surface area contributed by atoms with E-state index in [9.17, 15) is 4.79 Å². The molecule has 2 aliphatic rings. The molecule has 6 heteroatoms. The summed E-state index contributed by atoms with van der Waals surface area (Å²) in [5, 5.41) is 3.10. The van der Waals surface area contributed by atoms with Crippen LogP contribution in [0.5, 0.6) is 17.2 Å². The van der Waals surface area contributed by atoms with Gasteiger partial charge in [0, 0.05) is 12.1 Å². The van der Waals surface area contributed by atoms with Crippen LogP contribution >= 0.6 is 0 Å². The van der Waals surface area contributed by atoms with Crippen molar-refractivity contribution in [2.45, 2.75) is 25.3 Å². The molecule has 0 bridgehead atoms.